The van der Waals surface area contributed by atoms with Crippen molar-refractivity contribution in [1.29, 1.82) is 0 Å². The smallest absolute Gasteiger partial charge is 0.251 e. The third-order valence-electron chi connectivity index (χ3n) is 5.44. The Labute approximate surface area is 182 Å². The largest absolute Gasteiger partial charge is 0.486 e. The first-order chi connectivity index (χ1) is 14.9. The van der Waals surface area contributed by atoms with Crippen molar-refractivity contribution in [3.8, 4) is 11.6 Å². The van der Waals surface area contributed by atoms with E-state index in [1.54, 1.807) is 6.07 Å². The van der Waals surface area contributed by atoms with Crippen LogP contribution in [-0.2, 0) is 0 Å². The van der Waals surface area contributed by atoms with Crippen LogP contribution in [0.2, 0.25) is 5.02 Å². The third-order valence-corrected chi connectivity index (χ3v) is 5.79. The lowest BCUT2D eigenvalue weighted by molar-refractivity contribution is 0.200. The first-order valence-corrected chi connectivity index (χ1v) is 10.4. The molecule has 1 aliphatic carbocycles. The molecule has 7 nitrogen and oxygen atoms in total. The first kappa shape index (κ1) is 20.1. The monoisotopic (exact) mass is 447 g/mol. The van der Waals surface area contributed by atoms with Crippen LogP contribution in [0.1, 0.15) is 26.2 Å². The van der Waals surface area contributed by atoms with E-state index in [1.807, 2.05) is 6.92 Å². The summed E-state index contributed by atoms with van der Waals surface area (Å²) >= 11 is 6.19. The van der Waals surface area contributed by atoms with Crippen LogP contribution in [0.3, 0.4) is 0 Å². The minimum Gasteiger partial charge on any atom is -0.486 e. The van der Waals surface area contributed by atoms with Gasteiger partial charge < -0.3 is 20.1 Å². The lowest BCUT2D eigenvalue weighted by Crippen LogP contribution is -2.20. The Bertz CT molecular complexity index is 1150. The molecule has 0 amide bonds. The second kappa shape index (κ2) is 7.72. The zero-order chi connectivity index (χ0) is 21.6. The summed E-state index contributed by atoms with van der Waals surface area (Å²) in [6, 6.07) is 4.35. The molecule has 0 unspecified atom stereocenters. The van der Waals surface area contributed by atoms with Crippen LogP contribution in [0.4, 0.5) is 20.3 Å². The molecule has 0 spiro atoms. The average Bonchev–Trinajstić information content (AvgIpc) is 3.24. The van der Waals surface area contributed by atoms with Crippen molar-refractivity contribution in [2.75, 3.05) is 18.4 Å². The number of aromatic nitrogens is 3. The molecule has 2 fully saturated rings. The van der Waals surface area contributed by atoms with Crippen molar-refractivity contribution in [2.45, 2.75) is 37.9 Å². The molecule has 2 aromatic heterocycles. The van der Waals surface area contributed by atoms with Gasteiger partial charge in [-0.25, -0.2) is 23.7 Å². The van der Waals surface area contributed by atoms with Gasteiger partial charge in [-0.3, -0.25) is 0 Å². The van der Waals surface area contributed by atoms with Gasteiger partial charge in [0.2, 0.25) is 0 Å². The normalized spacial score (nSPS) is 19.4. The van der Waals surface area contributed by atoms with Crippen molar-refractivity contribution in [3.05, 3.63) is 41.2 Å². The quantitative estimate of drug-likeness (QED) is 0.580. The molecule has 5 rings (SSSR count). The Hall–Kier alpha value is -2.78. The average molecular weight is 448 g/mol. The fraction of sp³-hybridized carbons (Fsp3) is 0.381. The molecule has 1 saturated carbocycles. The number of rotatable bonds is 6. The van der Waals surface area contributed by atoms with Gasteiger partial charge in [0.05, 0.1) is 11.2 Å². The Balaban J connectivity index is 1.46. The van der Waals surface area contributed by atoms with E-state index in [0.717, 1.165) is 25.8 Å². The Kier molecular flexibility index (Phi) is 5.02. The molecular formula is C21H20ClF2N5O2. The number of fused-ring (bicyclic) bond motifs is 1. The Morgan fingerprint density at radius 1 is 1.26 bits per heavy atom. The predicted molar refractivity (Wildman–Crippen MR) is 112 cm³/mol. The first-order valence-electron chi connectivity index (χ1n) is 10.0. The maximum Gasteiger partial charge on any atom is 0.251 e. The summed E-state index contributed by atoms with van der Waals surface area (Å²) in [6.45, 7) is 3.37. The number of anilines is 2. The number of nitrogens with one attached hydrogen (secondary N) is 2. The third kappa shape index (κ3) is 4.07. The van der Waals surface area contributed by atoms with Gasteiger partial charge in [-0.2, -0.15) is 0 Å². The molecule has 1 aliphatic heterocycles. The van der Waals surface area contributed by atoms with E-state index in [1.165, 1.54) is 18.5 Å². The molecule has 162 valence electrons. The molecule has 1 atom stereocenters. The maximum atomic E-state index is 14.9. The lowest BCUT2D eigenvalue weighted by atomic mass is 10.2. The van der Waals surface area contributed by atoms with Crippen LogP contribution in [-0.4, -0.2) is 39.7 Å². The van der Waals surface area contributed by atoms with Crippen molar-refractivity contribution in [1.82, 2.24) is 20.3 Å². The standard InChI is InChI=1S/C21H20ClF2N5O2/c1-21(5-6-21)31-15-3-2-13(17(24)16(15)22)28-19-18-14(26-10-27-19)8-12(23)20(29-18)30-11-4-7-25-9-11/h2-3,8,10-11,25H,4-7,9H2,1H3,(H,26,27,28)/t11-/m0/s1. The Morgan fingerprint density at radius 3 is 2.84 bits per heavy atom. The summed E-state index contributed by atoms with van der Waals surface area (Å²) in [7, 11) is 0. The Morgan fingerprint density at radius 2 is 2.10 bits per heavy atom. The van der Waals surface area contributed by atoms with E-state index in [-0.39, 0.29) is 45.1 Å². The molecule has 1 aromatic carbocycles. The zero-order valence-corrected chi connectivity index (χ0v) is 17.5. The molecule has 2 N–H and O–H groups in total. The molecule has 0 radical (unpaired) electrons. The minimum atomic E-state index is -0.675. The number of pyridine rings is 1. The van der Waals surface area contributed by atoms with E-state index >= 15 is 0 Å². The SMILES string of the molecule is CC1(Oc2ccc(Nc3ncnc4cc(F)c(O[C@H]5CCNC5)nc34)c(F)c2Cl)CC1. The van der Waals surface area contributed by atoms with Crippen molar-refractivity contribution >= 4 is 34.1 Å². The van der Waals surface area contributed by atoms with Crippen molar-refractivity contribution in [2.24, 2.45) is 0 Å². The summed E-state index contributed by atoms with van der Waals surface area (Å²) in [4.78, 5) is 12.5. The van der Waals surface area contributed by atoms with Crippen LogP contribution < -0.4 is 20.1 Å². The number of halogens is 3. The van der Waals surface area contributed by atoms with Crippen LogP contribution in [0.15, 0.2) is 24.5 Å². The second-order valence-electron chi connectivity index (χ2n) is 8.01. The summed E-state index contributed by atoms with van der Waals surface area (Å²) in [5.74, 6) is -0.936. The zero-order valence-electron chi connectivity index (χ0n) is 16.7. The van der Waals surface area contributed by atoms with Gasteiger partial charge in [-0.15, -0.1) is 0 Å². The molecule has 10 heteroatoms. The number of benzene rings is 1. The van der Waals surface area contributed by atoms with E-state index in [9.17, 15) is 8.78 Å². The number of nitrogens with zero attached hydrogens (tertiary/aromatic N) is 3. The van der Waals surface area contributed by atoms with Crippen LogP contribution in [0, 0.1) is 11.6 Å². The molecule has 2 aliphatic rings. The molecule has 31 heavy (non-hydrogen) atoms. The predicted octanol–water partition coefficient (Wildman–Crippen LogP) is 4.37. The van der Waals surface area contributed by atoms with Gasteiger partial charge in [0, 0.05) is 12.6 Å². The highest BCUT2D eigenvalue weighted by atomic mass is 35.5. The number of hydrogen-bond donors (Lipinski definition) is 2. The van der Waals surface area contributed by atoms with Gasteiger partial charge in [0.1, 0.15) is 34.3 Å². The lowest BCUT2D eigenvalue weighted by Gasteiger charge is -2.16. The van der Waals surface area contributed by atoms with E-state index < -0.39 is 11.6 Å². The van der Waals surface area contributed by atoms with E-state index in [2.05, 4.69) is 25.6 Å². The molecule has 3 aromatic rings. The van der Waals surface area contributed by atoms with Crippen molar-refractivity contribution in [3.63, 3.8) is 0 Å². The second-order valence-corrected chi connectivity index (χ2v) is 8.39. The van der Waals surface area contributed by atoms with Crippen LogP contribution in [0.25, 0.3) is 11.0 Å². The summed E-state index contributed by atoms with van der Waals surface area (Å²) in [5, 5.41) is 5.92. The molecule has 1 saturated heterocycles. The van der Waals surface area contributed by atoms with Gasteiger partial charge in [-0.05, 0) is 44.9 Å². The highest BCUT2D eigenvalue weighted by molar-refractivity contribution is 6.32. The molecule has 0 bridgehead atoms. The molecule has 3 heterocycles. The van der Waals surface area contributed by atoms with E-state index in [0.29, 0.717) is 12.3 Å². The van der Waals surface area contributed by atoms with Crippen LogP contribution >= 0.6 is 11.6 Å². The van der Waals surface area contributed by atoms with Gasteiger partial charge >= 0.3 is 0 Å². The van der Waals surface area contributed by atoms with Crippen LogP contribution in [0.5, 0.6) is 11.6 Å². The minimum absolute atomic E-state index is 0.0897. The van der Waals surface area contributed by atoms with Gasteiger partial charge in [0.15, 0.2) is 17.5 Å². The highest BCUT2D eigenvalue weighted by Crippen LogP contribution is 2.43. The summed E-state index contributed by atoms with van der Waals surface area (Å²) in [5.41, 5.74) is 0.325. The van der Waals surface area contributed by atoms with Gasteiger partial charge in [0.25, 0.3) is 5.88 Å². The summed E-state index contributed by atoms with van der Waals surface area (Å²) < 4.78 is 40.9. The summed E-state index contributed by atoms with van der Waals surface area (Å²) in [6.07, 6.45) is 3.64. The number of hydrogen-bond acceptors (Lipinski definition) is 7. The van der Waals surface area contributed by atoms with E-state index in [4.69, 9.17) is 21.1 Å². The number of ether oxygens (including phenoxy) is 2. The topological polar surface area (TPSA) is 81.2 Å². The molecular weight excluding hydrogens is 428 g/mol. The van der Waals surface area contributed by atoms with Gasteiger partial charge in [-0.1, -0.05) is 11.6 Å². The fourth-order valence-corrected chi connectivity index (χ4v) is 3.59. The maximum absolute atomic E-state index is 14.9. The fourth-order valence-electron chi connectivity index (χ4n) is 3.38. The van der Waals surface area contributed by atoms with Crippen molar-refractivity contribution < 1.29 is 18.3 Å². The highest BCUT2D eigenvalue weighted by Gasteiger charge is 2.40.